The third-order valence-electron chi connectivity index (χ3n) is 6.96. The van der Waals surface area contributed by atoms with Gasteiger partial charge in [0.25, 0.3) is 5.91 Å². The number of hydrogen-bond donors (Lipinski definition) is 2. The van der Waals surface area contributed by atoms with E-state index >= 15 is 0 Å². The number of aromatic nitrogens is 7. The Kier molecular flexibility index (Phi) is 9.52. The Hall–Kier alpha value is -4.90. The van der Waals surface area contributed by atoms with Gasteiger partial charge in [0.05, 0.1) is 25.8 Å². The number of tetrazole rings is 1. The zero-order valence-corrected chi connectivity index (χ0v) is 24.6. The molecule has 0 aliphatic heterocycles. The number of nitrogens with zero attached hydrogens (tertiary/aromatic N) is 6. The molecule has 220 valence electrons. The largest absolute Gasteiger partial charge is 0.469 e. The lowest BCUT2D eigenvalue weighted by Gasteiger charge is -2.18. The number of aryl methyl sites for hydroxylation is 1. The molecule has 5 aromatic rings. The maximum Gasteiger partial charge on any atom is 0.307 e. The van der Waals surface area contributed by atoms with Crippen molar-refractivity contribution in [3.05, 3.63) is 100 Å². The molecular formula is C31H31ClN8O3. The number of amides is 1. The summed E-state index contributed by atoms with van der Waals surface area (Å²) in [5, 5.41) is 22.4. The van der Waals surface area contributed by atoms with Crippen molar-refractivity contribution in [1.29, 1.82) is 0 Å². The molecule has 0 aliphatic rings. The number of rotatable bonds is 12. The molecule has 3 heterocycles. The van der Waals surface area contributed by atoms with E-state index in [1.54, 1.807) is 18.3 Å². The molecule has 0 bridgehead atoms. The fourth-order valence-electron chi connectivity index (χ4n) is 4.84. The average molecular weight is 599 g/mol. The quantitative estimate of drug-likeness (QED) is 0.197. The Labute approximate surface area is 253 Å². The van der Waals surface area contributed by atoms with Gasteiger partial charge in [0.2, 0.25) is 0 Å². The molecule has 1 amide bonds. The van der Waals surface area contributed by atoms with Gasteiger partial charge in [-0.2, -0.15) is 5.10 Å². The van der Waals surface area contributed by atoms with E-state index in [-0.39, 0.29) is 18.0 Å². The molecule has 2 aromatic carbocycles. The fraction of sp³-hybridized carbons (Fsp3) is 0.258. The standard InChI is InChI=1S/C31H31ClN8O3/c1-3-8-23-17-28(31(42)34-22(16-29(41)43-2)15-21-9-4-7-12-26(21)32)37-40(23)19-20-13-14-27(33-18-20)24-10-5-6-11-25(24)30-35-38-39-36-30/h4-7,9-14,17-18,22H,3,8,15-16,19H2,1-2H3,(H,34,42)(H,35,36,38,39). The zero-order chi connectivity index (χ0) is 30.2. The second-order valence-electron chi connectivity index (χ2n) is 10.0. The van der Waals surface area contributed by atoms with Gasteiger partial charge >= 0.3 is 5.97 Å². The Balaban J connectivity index is 1.33. The predicted octanol–water partition coefficient (Wildman–Crippen LogP) is 4.68. The summed E-state index contributed by atoms with van der Waals surface area (Å²) in [6.45, 7) is 2.51. The monoisotopic (exact) mass is 598 g/mol. The maximum absolute atomic E-state index is 13.4. The first-order valence-electron chi connectivity index (χ1n) is 13.9. The highest BCUT2D eigenvalue weighted by molar-refractivity contribution is 6.31. The molecule has 0 fully saturated rings. The smallest absolute Gasteiger partial charge is 0.307 e. The second kappa shape index (κ2) is 13.8. The summed E-state index contributed by atoms with van der Waals surface area (Å²) in [5.41, 5.74) is 5.48. The summed E-state index contributed by atoms with van der Waals surface area (Å²) in [4.78, 5) is 30.2. The van der Waals surface area contributed by atoms with Crippen LogP contribution in [0, 0.1) is 0 Å². The number of pyridine rings is 1. The van der Waals surface area contributed by atoms with Crippen molar-refractivity contribution in [3.8, 4) is 22.6 Å². The van der Waals surface area contributed by atoms with Crippen LogP contribution in [0.3, 0.4) is 0 Å². The van der Waals surface area contributed by atoms with E-state index in [9.17, 15) is 9.59 Å². The number of benzene rings is 2. The molecule has 5 rings (SSSR count). The number of ether oxygens (including phenoxy) is 1. The van der Waals surface area contributed by atoms with Gasteiger partial charge in [-0.1, -0.05) is 73.5 Å². The number of methoxy groups -OCH3 is 1. The van der Waals surface area contributed by atoms with Crippen molar-refractivity contribution < 1.29 is 14.3 Å². The van der Waals surface area contributed by atoms with E-state index in [0.717, 1.165) is 46.5 Å². The SMILES string of the molecule is CCCc1cc(C(=O)NC(CC(=O)OC)Cc2ccccc2Cl)nn1Cc1ccc(-c2ccccc2-c2nnn[nH]2)nc1. The Morgan fingerprint density at radius 2 is 1.86 bits per heavy atom. The van der Waals surface area contributed by atoms with E-state index in [1.165, 1.54) is 7.11 Å². The first-order chi connectivity index (χ1) is 20.9. The Morgan fingerprint density at radius 3 is 2.56 bits per heavy atom. The van der Waals surface area contributed by atoms with Crippen molar-refractivity contribution in [2.45, 2.75) is 45.2 Å². The van der Waals surface area contributed by atoms with Crippen LogP contribution in [0.5, 0.6) is 0 Å². The fourth-order valence-corrected chi connectivity index (χ4v) is 5.06. The molecule has 0 radical (unpaired) electrons. The van der Waals surface area contributed by atoms with Crippen LogP contribution in [0.25, 0.3) is 22.6 Å². The van der Waals surface area contributed by atoms with Crippen molar-refractivity contribution in [2.24, 2.45) is 0 Å². The first kappa shape index (κ1) is 29.6. The van der Waals surface area contributed by atoms with E-state index in [4.69, 9.17) is 21.3 Å². The number of carbonyl (C=O) groups is 2. The summed E-state index contributed by atoms with van der Waals surface area (Å²) in [6.07, 6.45) is 3.81. The predicted molar refractivity (Wildman–Crippen MR) is 161 cm³/mol. The summed E-state index contributed by atoms with van der Waals surface area (Å²) < 4.78 is 6.69. The Bertz CT molecular complexity index is 1690. The van der Waals surface area contributed by atoms with Gasteiger partial charge in [-0.15, -0.1) is 5.10 Å². The number of H-pyrrole nitrogens is 1. The lowest BCUT2D eigenvalue weighted by Crippen LogP contribution is -2.38. The third-order valence-corrected chi connectivity index (χ3v) is 7.33. The lowest BCUT2D eigenvalue weighted by molar-refractivity contribution is -0.141. The van der Waals surface area contributed by atoms with Crippen molar-refractivity contribution >= 4 is 23.5 Å². The number of hydrogen-bond acceptors (Lipinski definition) is 8. The van der Waals surface area contributed by atoms with E-state index in [1.807, 2.05) is 59.3 Å². The molecule has 3 aromatic heterocycles. The third kappa shape index (κ3) is 7.31. The summed E-state index contributed by atoms with van der Waals surface area (Å²) in [7, 11) is 1.32. The van der Waals surface area contributed by atoms with Crippen LogP contribution in [-0.2, 0) is 28.9 Å². The van der Waals surface area contributed by atoms with Crippen LogP contribution in [0.4, 0.5) is 0 Å². The van der Waals surface area contributed by atoms with Crippen molar-refractivity contribution in [2.75, 3.05) is 7.11 Å². The van der Waals surface area contributed by atoms with Crippen LogP contribution in [0.1, 0.15) is 47.1 Å². The highest BCUT2D eigenvalue weighted by Crippen LogP contribution is 2.28. The van der Waals surface area contributed by atoms with Gasteiger partial charge in [0.1, 0.15) is 5.69 Å². The minimum Gasteiger partial charge on any atom is -0.469 e. The first-order valence-corrected chi connectivity index (χ1v) is 14.3. The number of carbonyl (C=O) groups excluding carboxylic acids is 2. The Morgan fingerprint density at radius 1 is 1.07 bits per heavy atom. The molecule has 2 N–H and O–H groups in total. The maximum atomic E-state index is 13.4. The zero-order valence-electron chi connectivity index (χ0n) is 23.8. The molecular weight excluding hydrogens is 568 g/mol. The summed E-state index contributed by atoms with van der Waals surface area (Å²) in [6, 6.07) is 20.3. The number of nitrogens with one attached hydrogen (secondary N) is 2. The van der Waals surface area contributed by atoms with Crippen LogP contribution in [0.2, 0.25) is 5.02 Å². The van der Waals surface area contributed by atoms with Crippen molar-refractivity contribution in [3.63, 3.8) is 0 Å². The molecule has 1 atom stereocenters. The van der Waals surface area contributed by atoms with Gasteiger partial charge in [-0.3, -0.25) is 19.3 Å². The molecule has 0 saturated carbocycles. The minimum absolute atomic E-state index is 0.00405. The molecule has 0 spiro atoms. The van der Waals surface area contributed by atoms with Crippen LogP contribution in [0.15, 0.2) is 72.9 Å². The highest BCUT2D eigenvalue weighted by Gasteiger charge is 2.22. The summed E-state index contributed by atoms with van der Waals surface area (Å²) >= 11 is 6.34. The topological polar surface area (TPSA) is 141 Å². The molecule has 12 heteroatoms. The molecule has 0 saturated heterocycles. The van der Waals surface area contributed by atoms with Gasteiger partial charge < -0.3 is 10.1 Å². The summed E-state index contributed by atoms with van der Waals surface area (Å²) in [5.74, 6) is -0.233. The highest BCUT2D eigenvalue weighted by atomic mass is 35.5. The van der Waals surface area contributed by atoms with Gasteiger partial charge in [-0.05, 0) is 52.6 Å². The minimum atomic E-state index is -0.521. The van der Waals surface area contributed by atoms with E-state index in [0.29, 0.717) is 23.8 Å². The average Bonchev–Trinajstić information content (AvgIpc) is 3.70. The molecule has 1 unspecified atom stereocenters. The van der Waals surface area contributed by atoms with Crippen LogP contribution in [-0.4, -0.2) is 60.4 Å². The van der Waals surface area contributed by atoms with Gasteiger partial charge in [-0.25, -0.2) is 5.10 Å². The van der Waals surface area contributed by atoms with Gasteiger partial charge in [0.15, 0.2) is 5.82 Å². The normalized spacial score (nSPS) is 11.7. The number of aromatic amines is 1. The van der Waals surface area contributed by atoms with Crippen LogP contribution >= 0.6 is 11.6 Å². The molecule has 0 aliphatic carbocycles. The van der Waals surface area contributed by atoms with Crippen LogP contribution < -0.4 is 5.32 Å². The van der Waals surface area contributed by atoms with E-state index < -0.39 is 12.0 Å². The van der Waals surface area contributed by atoms with E-state index in [2.05, 4.69) is 38.0 Å². The number of halogens is 1. The second-order valence-corrected chi connectivity index (χ2v) is 10.4. The lowest BCUT2D eigenvalue weighted by atomic mass is 10.0. The van der Waals surface area contributed by atoms with Crippen molar-refractivity contribution in [1.82, 2.24) is 40.7 Å². The number of esters is 1. The molecule has 11 nitrogen and oxygen atoms in total. The molecule has 43 heavy (non-hydrogen) atoms. The van der Waals surface area contributed by atoms with Gasteiger partial charge in [0, 0.05) is 34.1 Å².